The van der Waals surface area contributed by atoms with Gasteiger partial charge < -0.3 is 9.51 Å². The van der Waals surface area contributed by atoms with E-state index in [1.807, 2.05) is 0 Å². The molecule has 1 N–H and O–H groups in total. The SMILES string of the molecule is O=c1[nH]c(SCc2nc(-c3ccc(C(F)(F)F)cc3)no2)nc2sccc12. The van der Waals surface area contributed by atoms with Crippen molar-refractivity contribution >= 4 is 33.3 Å². The number of aromatic amines is 1. The number of rotatable bonds is 4. The van der Waals surface area contributed by atoms with Crippen molar-refractivity contribution in [2.24, 2.45) is 0 Å². The lowest BCUT2D eigenvalue weighted by Crippen LogP contribution is -2.07. The summed E-state index contributed by atoms with van der Waals surface area (Å²) >= 11 is 2.58. The molecular formula is C16H9F3N4O2S2. The molecule has 0 aliphatic carbocycles. The summed E-state index contributed by atoms with van der Waals surface area (Å²) in [5.41, 5.74) is -0.557. The number of nitrogens with one attached hydrogen (secondary N) is 1. The lowest BCUT2D eigenvalue weighted by Gasteiger charge is -2.05. The summed E-state index contributed by atoms with van der Waals surface area (Å²) < 4.78 is 42.9. The van der Waals surface area contributed by atoms with E-state index in [0.717, 1.165) is 12.1 Å². The van der Waals surface area contributed by atoms with Crippen LogP contribution in [-0.2, 0) is 11.9 Å². The van der Waals surface area contributed by atoms with Crippen molar-refractivity contribution in [3.05, 3.63) is 57.5 Å². The minimum absolute atomic E-state index is 0.189. The number of fused-ring (bicyclic) bond motifs is 1. The second kappa shape index (κ2) is 6.82. The van der Waals surface area contributed by atoms with E-state index in [2.05, 4.69) is 20.1 Å². The molecule has 0 unspecified atom stereocenters. The molecule has 0 aliphatic rings. The maximum atomic E-state index is 12.6. The minimum atomic E-state index is -4.40. The van der Waals surface area contributed by atoms with Gasteiger partial charge in [0.05, 0.1) is 16.7 Å². The van der Waals surface area contributed by atoms with Crippen molar-refractivity contribution in [3.8, 4) is 11.4 Å². The summed E-state index contributed by atoms with van der Waals surface area (Å²) in [6.45, 7) is 0. The summed E-state index contributed by atoms with van der Waals surface area (Å²) in [4.78, 5) is 23.7. The highest BCUT2D eigenvalue weighted by Gasteiger charge is 2.30. The second-order valence-corrected chi connectivity index (χ2v) is 7.24. The van der Waals surface area contributed by atoms with E-state index >= 15 is 0 Å². The number of halogens is 3. The summed E-state index contributed by atoms with van der Waals surface area (Å²) in [6, 6.07) is 6.20. The lowest BCUT2D eigenvalue weighted by molar-refractivity contribution is -0.137. The number of hydrogen-bond acceptors (Lipinski definition) is 7. The molecule has 138 valence electrons. The number of nitrogens with zero attached hydrogens (tertiary/aromatic N) is 3. The van der Waals surface area contributed by atoms with Gasteiger partial charge >= 0.3 is 6.18 Å². The van der Waals surface area contributed by atoms with E-state index in [4.69, 9.17) is 4.52 Å². The van der Waals surface area contributed by atoms with Crippen LogP contribution < -0.4 is 5.56 Å². The molecular weight excluding hydrogens is 401 g/mol. The predicted octanol–water partition coefficient (Wildman–Crippen LogP) is 4.35. The Morgan fingerprint density at radius 1 is 1.15 bits per heavy atom. The van der Waals surface area contributed by atoms with Crippen LogP contribution in [0.5, 0.6) is 0 Å². The Hall–Kier alpha value is -2.66. The third-order valence-corrected chi connectivity index (χ3v) is 5.25. The molecule has 0 atom stereocenters. The van der Waals surface area contributed by atoms with Crippen LogP contribution >= 0.6 is 23.1 Å². The Kier molecular flexibility index (Phi) is 4.48. The van der Waals surface area contributed by atoms with Gasteiger partial charge in [-0.1, -0.05) is 29.1 Å². The van der Waals surface area contributed by atoms with Crippen LogP contribution in [0.3, 0.4) is 0 Å². The molecule has 0 saturated carbocycles. The molecule has 3 heterocycles. The highest BCUT2D eigenvalue weighted by Crippen LogP contribution is 2.30. The molecule has 0 amide bonds. The standard InChI is InChI=1S/C16H9F3N4O2S2/c17-16(18,19)9-3-1-8(2-4-9)12-20-11(25-23-12)7-27-15-21-13(24)10-5-6-26-14(10)22-15/h1-6H,7H2,(H,21,22,24). The van der Waals surface area contributed by atoms with Crippen molar-refractivity contribution < 1.29 is 17.7 Å². The minimum Gasteiger partial charge on any atom is -0.338 e. The maximum Gasteiger partial charge on any atom is 0.416 e. The molecule has 0 fully saturated rings. The summed E-state index contributed by atoms with van der Waals surface area (Å²) in [6.07, 6.45) is -4.40. The molecule has 0 aliphatic heterocycles. The number of thiophene rings is 1. The van der Waals surface area contributed by atoms with E-state index in [1.165, 1.54) is 35.2 Å². The van der Waals surface area contributed by atoms with Gasteiger partial charge in [-0.05, 0) is 23.6 Å². The Labute approximate surface area is 157 Å². The van der Waals surface area contributed by atoms with Crippen molar-refractivity contribution in [1.82, 2.24) is 20.1 Å². The average Bonchev–Trinajstić information content (AvgIpc) is 3.29. The van der Waals surface area contributed by atoms with E-state index in [9.17, 15) is 18.0 Å². The zero-order valence-electron chi connectivity index (χ0n) is 13.3. The second-order valence-electron chi connectivity index (χ2n) is 5.39. The van der Waals surface area contributed by atoms with E-state index in [1.54, 1.807) is 11.4 Å². The predicted molar refractivity (Wildman–Crippen MR) is 94.5 cm³/mol. The third kappa shape index (κ3) is 3.74. The van der Waals surface area contributed by atoms with Crippen LogP contribution in [0.1, 0.15) is 11.5 Å². The fourth-order valence-electron chi connectivity index (χ4n) is 2.28. The lowest BCUT2D eigenvalue weighted by atomic mass is 10.1. The van der Waals surface area contributed by atoms with Crippen molar-refractivity contribution in [2.45, 2.75) is 17.1 Å². The molecule has 27 heavy (non-hydrogen) atoms. The van der Waals surface area contributed by atoms with E-state index in [-0.39, 0.29) is 23.0 Å². The van der Waals surface area contributed by atoms with Crippen LogP contribution in [-0.4, -0.2) is 20.1 Å². The van der Waals surface area contributed by atoms with E-state index in [0.29, 0.717) is 20.9 Å². The molecule has 4 rings (SSSR count). The van der Waals surface area contributed by atoms with Crippen LogP contribution in [0.4, 0.5) is 13.2 Å². The van der Waals surface area contributed by atoms with Crippen molar-refractivity contribution in [2.75, 3.05) is 0 Å². The maximum absolute atomic E-state index is 12.6. The van der Waals surface area contributed by atoms with Gasteiger partial charge in [-0.15, -0.1) is 11.3 Å². The molecule has 0 spiro atoms. The van der Waals surface area contributed by atoms with Crippen LogP contribution in [0.15, 0.2) is 50.2 Å². The molecule has 11 heteroatoms. The smallest absolute Gasteiger partial charge is 0.338 e. The summed E-state index contributed by atoms with van der Waals surface area (Å²) in [5.74, 6) is 0.714. The van der Waals surface area contributed by atoms with Crippen LogP contribution in [0, 0.1) is 0 Å². The van der Waals surface area contributed by atoms with Gasteiger partial charge in [0.15, 0.2) is 5.16 Å². The van der Waals surface area contributed by atoms with Gasteiger partial charge in [-0.25, -0.2) is 4.98 Å². The first-order valence-corrected chi connectivity index (χ1v) is 9.37. The molecule has 6 nitrogen and oxygen atoms in total. The quantitative estimate of drug-likeness (QED) is 0.398. The van der Waals surface area contributed by atoms with E-state index < -0.39 is 11.7 Å². The summed E-state index contributed by atoms with van der Waals surface area (Å²) in [7, 11) is 0. The van der Waals surface area contributed by atoms with Crippen LogP contribution in [0.25, 0.3) is 21.6 Å². The fraction of sp³-hybridized carbons (Fsp3) is 0.125. The van der Waals surface area contributed by atoms with Gasteiger partial charge in [0, 0.05) is 5.56 Å². The molecule has 0 radical (unpaired) electrons. The fourth-order valence-corrected chi connectivity index (χ4v) is 3.80. The third-order valence-electron chi connectivity index (χ3n) is 3.58. The molecule has 4 aromatic rings. The first-order valence-electron chi connectivity index (χ1n) is 7.51. The van der Waals surface area contributed by atoms with Gasteiger partial charge in [-0.2, -0.15) is 18.2 Å². The first-order chi connectivity index (χ1) is 12.9. The molecule has 0 saturated heterocycles. The van der Waals surface area contributed by atoms with Gasteiger partial charge in [0.2, 0.25) is 11.7 Å². The average molecular weight is 410 g/mol. The number of hydrogen-bond donors (Lipinski definition) is 1. The zero-order chi connectivity index (χ0) is 19.0. The number of thioether (sulfide) groups is 1. The number of alkyl halides is 3. The van der Waals surface area contributed by atoms with Gasteiger partial charge in [-0.3, -0.25) is 4.79 Å². The largest absolute Gasteiger partial charge is 0.416 e. The highest BCUT2D eigenvalue weighted by atomic mass is 32.2. The molecule has 3 aromatic heterocycles. The normalized spacial score (nSPS) is 12.0. The Morgan fingerprint density at radius 2 is 1.93 bits per heavy atom. The zero-order valence-corrected chi connectivity index (χ0v) is 14.9. The molecule has 0 bridgehead atoms. The van der Waals surface area contributed by atoms with Gasteiger partial charge in [0.25, 0.3) is 5.56 Å². The Balaban J connectivity index is 1.48. The topological polar surface area (TPSA) is 84.7 Å². The summed E-state index contributed by atoms with van der Waals surface area (Å²) in [5, 5.41) is 6.52. The van der Waals surface area contributed by atoms with Crippen molar-refractivity contribution in [3.63, 3.8) is 0 Å². The monoisotopic (exact) mass is 410 g/mol. The number of benzene rings is 1. The van der Waals surface area contributed by atoms with Crippen molar-refractivity contribution in [1.29, 1.82) is 0 Å². The van der Waals surface area contributed by atoms with Gasteiger partial charge in [0.1, 0.15) is 4.83 Å². The number of H-pyrrole nitrogens is 1. The number of aromatic nitrogens is 4. The Bertz CT molecular complexity index is 1150. The molecule has 1 aromatic carbocycles. The highest BCUT2D eigenvalue weighted by molar-refractivity contribution is 7.98. The Morgan fingerprint density at radius 3 is 2.67 bits per heavy atom. The van der Waals surface area contributed by atoms with Crippen LogP contribution in [0.2, 0.25) is 0 Å². The first kappa shape index (κ1) is 17.7.